The van der Waals surface area contributed by atoms with Crippen molar-refractivity contribution < 1.29 is 9.59 Å². The third-order valence-corrected chi connectivity index (χ3v) is 6.61. The van der Waals surface area contributed by atoms with Crippen molar-refractivity contribution in [2.45, 2.75) is 51.5 Å². The number of rotatable bonds is 5. The molecule has 2 aliphatic rings. The third-order valence-electron chi connectivity index (χ3n) is 6.61. The summed E-state index contributed by atoms with van der Waals surface area (Å²) in [5, 5.41) is 6.70. The molecule has 3 aromatic rings. The van der Waals surface area contributed by atoms with E-state index in [0.717, 1.165) is 36.9 Å². The van der Waals surface area contributed by atoms with Crippen LogP contribution in [0.3, 0.4) is 0 Å². The zero-order valence-corrected chi connectivity index (χ0v) is 18.8. The van der Waals surface area contributed by atoms with Crippen LogP contribution in [-0.2, 0) is 17.6 Å². The van der Waals surface area contributed by atoms with E-state index in [4.69, 9.17) is 9.97 Å². The fraction of sp³-hybridized carbons (Fsp3) is 0.400. The molecule has 0 bridgehead atoms. The van der Waals surface area contributed by atoms with Crippen LogP contribution in [0.5, 0.6) is 0 Å². The topological polar surface area (TPSA) is 95.1 Å². The normalized spacial score (nSPS) is 18.3. The zero-order chi connectivity index (χ0) is 22.8. The van der Waals surface area contributed by atoms with Crippen molar-refractivity contribution in [2.75, 3.05) is 18.0 Å². The molecule has 0 unspecified atom stereocenters. The molecule has 8 heteroatoms. The second kappa shape index (κ2) is 9.13. The van der Waals surface area contributed by atoms with Crippen molar-refractivity contribution in [3.63, 3.8) is 0 Å². The summed E-state index contributed by atoms with van der Waals surface area (Å²) in [5.74, 6) is 1.34. The van der Waals surface area contributed by atoms with Crippen molar-refractivity contribution in [3.05, 3.63) is 70.9 Å². The van der Waals surface area contributed by atoms with Crippen LogP contribution < -0.4 is 4.90 Å². The van der Waals surface area contributed by atoms with Gasteiger partial charge < -0.3 is 4.90 Å². The Morgan fingerprint density at radius 3 is 2.76 bits per heavy atom. The lowest BCUT2D eigenvalue weighted by molar-refractivity contribution is -0.118. The van der Waals surface area contributed by atoms with E-state index in [-0.39, 0.29) is 17.9 Å². The van der Waals surface area contributed by atoms with Gasteiger partial charge in [-0.2, -0.15) is 5.10 Å². The summed E-state index contributed by atoms with van der Waals surface area (Å²) >= 11 is 0. The van der Waals surface area contributed by atoms with E-state index >= 15 is 0 Å². The van der Waals surface area contributed by atoms with Gasteiger partial charge in [-0.25, -0.2) is 9.97 Å². The summed E-state index contributed by atoms with van der Waals surface area (Å²) in [4.78, 5) is 39.4. The number of nitrogens with zero attached hydrogens (tertiary/aromatic N) is 5. The van der Waals surface area contributed by atoms with E-state index in [0.29, 0.717) is 43.3 Å². The molecule has 2 aliphatic heterocycles. The molecular formula is C25H28N6O2. The number of hydrogen-bond donors (Lipinski definition) is 1. The minimum Gasteiger partial charge on any atom is -0.327 e. The van der Waals surface area contributed by atoms with E-state index < -0.39 is 0 Å². The Kier molecular flexibility index (Phi) is 5.90. The van der Waals surface area contributed by atoms with Gasteiger partial charge in [0.1, 0.15) is 11.5 Å². The molecule has 8 nitrogen and oxygen atoms in total. The molecule has 2 amide bonds. The van der Waals surface area contributed by atoms with Gasteiger partial charge in [0, 0.05) is 37.0 Å². The van der Waals surface area contributed by atoms with Crippen molar-refractivity contribution in [3.8, 4) is 0 Å². The maximum absolute atomic E-state index is 13.1. The number of piperidine rings is 1. The summed E-state index contributed by atoms with van der Waals surface area (Å²) < 4.78 is 0. The van der Waals surface area contributed by atoms with E-state index in [1.165, 1.54) is 5.56 Å². The Bertz CT molecular complexity index is 1150. The molecule has 0 spiro atoms. The van der Waals surface area contributed by atoms with Crippen LogP contribution in [0.15, 0.2) is 42.6 Å². The van der Waals surface area contributed by atoms with Crippen LogP contribution in [0.1, 0.15) is 64.9 Å². The molecule has 1 fully saturated rings. The summed E-state index contributed by atoms with van der Waals surface area (Å²) in [6.45, 7) is 3.21. The molecule has 1 N–H and O–H groups in total. The van der Waals surface area contributed by atoms with E-state index in [2.05, 4.69) is 22.3 Å². The molecule has 170 valence electrons. The van der Waals surface area contributed by atoms with Crippen molar-refractivity contribution in [1.29, 1.82) is 0 Å². The Morgan fingerprint density at radius 1 is 1.12 bits per heavy atom. The first-order valence-corrected chi connectivity index (χ1v) is 11.6. The number of anilines is 1. The standard InChI is InChI=1S/C25H28N6O2/c1-17-19-10-11-22(32)31(16-13-18-7-3-2-4-8-18)24(19)28-23(27-17)21-9-5-6-15-30(21)25(33)20-12-14-26-29-20/h2-4,7-8,12,14,21H,5-6,9-11,13,15-16H2,1H3,(H,26,29)/t21-/m0/s1. The highest BCUT2D eigenvalue weighted by atomic mass is 16.2. The second-order valence-electron chi connectivity index (χ2n) is 8.73. The maximum Gasteiger partial charge on any atom is 0.272 e. The lowest BCUT2D eigenvalue weighted by atomic mass is 9.98. The first-order valence-electron chi connectivity index (χ1n) is 11.6. The number of nitrogens with one attached hydrogen (secondary N) is 1. The quantitative estimate of drug-likeness (QED) is 0.651. The van der Waals surface area contributed by atoms with Crippen LogP contribution in [0.4, 0.5) is 5.82 Å². The number of aryl methyl sites for hydroxylation is 1. The molecule has 1 aromatic carbocycles. The summed E-state index contributed by atoms with van der Waals surface area (Å²) in [5.41, 5.74) is 3.59. The molecule has 2 aromatic heterocycles. The number of benzene rings is 1. The van der Waals surface area contributed by atoms with Crippen molar-refractivity contribution >= 4 is 17.6 Å². The highest BCUT2D eigenvalue weighted by Crippen LogP contribution is 2.34. The van der Waals surface area contributed by atoms with Gasteiger partial charge >= 0.3 is 0 Å². The first-order chi connectivity index (χ1) is 16.1. The molecule has 0 aliphatic carbocycles. The number of carbonyl (C=O) groups excluding carboxylic acids is 2. The number of hydrogen-bond acceptors (Lipinski definition) is 5. The Balaban J connectivity index is 1.46. The molecule has 1 saturated heterocycles. The molecule has 1 atom stereocenters. The van der Waals surface area contributed by atoms with Crippen LogP contribution in [0.25, 0.3) is 0 Å². The Labute approximate surface area is 193 Å². The Morgan fingerprint density at radius 2 is 1.97 bits per heavy atom. The Hall–Kier alpha value is -3.55. The largest absolute Gasteiger partial charge is 0.327 e. The fourth-order valence-electron chi connectivity index (χ4n) is 4.84. The summed E-state index contributed by atoms with van der Waals surface area (Å²) in [7, 11) is 0. The number of amides is 2. The average Bonchev–Trinajstić information content (AvgIpc) is 3.38. The smallest absolute Gasteiger partial charge is 0.272 e. The molecule has 0 radical (unpaired) electrons. The second-order valence-corrected chi connectivity index (χ2v) is 8.73. The predicted octanol–water partition coefficient (Wildman–Crippen LogP) is 3.40. The van der Waals surface area contributed by atoms with Gasteiger partial charge in [0.15, 0.2) is 5.82 Å². The monoisotopic (exact) mass is 444 g/mol. The number of H-pyrrole nitrogens is 1. The minimum atomic E-state index is -0.216. The van der Waals surface area contributed by atoms with Gasteiger partial charge in [-0.05, 0) is 50.7 Å². The molecule has 5 rings (SSSR count). The summed E-state index contributed by atoms with van der Waals surface area (Å²) in [6, 6.07) is 11.7. The third kappa shape index (κ3) is 4.25. The number of fused-ring (bicyclic) bond motifs is 1. The first kappa shape index (κ1) is 21.3. The summed E-state index contributed by atoms with van der Waals surface area (Å²) in [6.07, 6.45) is 6.23. The van der Waals surface area contributed by atoms with Gasteiger partial charge in [-0.1, -0.05) is 30.3 Å². The van der Waals surface area contributed by atoms with Crippen LogP contribution in [-0.4, -0.2) is 50.0 Å². The molecule has 33 heavy (non-hydrogen) atoms. The SMILES string of the molecule is Cc1nc([C@@H]2CCCCN2C(=O)c2ccn[nH]2)nc2c1CCC(=O)N2CCc1ccccc1. The van der Waals surface area contributed by atoms with Crippen LogP contribution >= 0.6 is 0 Å². The number of carbonyl (C=O) groups is 2. The van der Waals surface area contributed by atoms with Gasteiger partial charge in [0.05, 0.1) is 6.04 Å². The lowest BCUT2D eigenvalue weighted by Crippen LogP contribution is -2.41. The highest BCUT2D eigenvalue weighted by Gasteiger charge is 2.34. The fourth-order valence-corrected chi connectivity index (χ4v) is 4.84. The van der Waals surface area contributed by atoms with E-state index in [1.807, 2.05) is 34.9 Å². The maximum atomic E-state index is 13.1. The van der Waals surface area contributed by atoms with Crippen molar-refractivity contribution in [1.82, 2.24) is 25.1 Å². The van der Waals surface area contributed by atoms with E-state index in [1.54, 1.807) is 12.3 Å². The zero-order valence-electron chi connectivity index (χ0n) is 18.8. The van der Waals surface area contributed by atoms with Crippen LogP contribution in [0.2, 0.25) is 0 Å². The van der Waals surface area contributed by atoms with E-state index in [9.17, 15) is 9.59 Å². The number of likely N-dealkylation sites (tertiary alicyclic amines) is 1. The predicted molar refractivity (Wildman–Crippen MR) is 124 cm³/mol. The van der Waals surface area contributed by atoms with Crippen LogP contribution in [0, 0.1) is 6.92 Å². The molecule has 4 heterocycles. The molecular weight excluding hydrogens is 416 g/mol. The number of aromatic amines is 1. The van der Waals surface area contributed by atoms with Gasteiger partial charge in [-0.15, -0.1) is 0 Å². The lowest BCUT2D eigenvalue weighted by Gasteiger charge is -2.36. The highest BCUT2D eigenvalue weighted by molar-refractivity contribution is 5.95. The van der Waals surface area contributed by atoms with Crippen molar-refractivity contribution in [2.24, 2.45) is 0 Å². The van der Waals surface area contributed by atoms with Gasteiger partial charge in [0.25, 0.3) is 5.91 Å². The minimum absolute atomic E-state index is 0.0896. The van der Waals surface area contributed by atoms with Gasteiger partial charge in [-0.3, -0.25) is 19.6 Å². The van der Waals surface area contributed by atoms with Gasteiger partial charge in [0.2, 0.25) is 5.91 Å². The number of aromatic nitrogens is 4. The molecule has 0 saturated carbocycles. The average molecular weight is 445 g/mol.